The highest BCUT2D eigenvalue weighted by molar-refractivity contribution is 5.87. The van der Waals surface area contributed by atoms with Crippen LogP contribution in [0.3, 0.4) is 0 Å². The van der Waals surface area contributed by atoms with Crippen LogP contribution in [0.15, 0.2) is 0 Å². The van der Waals surface area contributed by atoms with Crippen LogP contribution in [-0.2, 0) is 9.59 Å². The quantitative estimate of drug-likeness (QED) is 0.613. The molecule has 0 aromatic rings. The summed E-state index contributed by atoms with van der Waals surface area (Å²) in [6.45, 7) is 7.96. The van der Waals surface area contributed by atoms with Gasteiger partial charge in [-0.25, -0.2) is 0 Å². The second-order valence-electron chi connectivity index (χ2n) is 4.64. The van der Waals surface area contributed by atoms with E-state index in [0.717, 1.165) is 6.42 Å². The number of likely N-dealkylation sites (tertiary alicyclic amines) is 1. The number of Topliss-reactive ketones (excluding diaryl/α,β-unsaturated/α-hetero) is 1. The van der Waals surface area contributed by atoms with Crippen molar-refractivity contribution in [2.45, 2.75) is 40.2 Å². The molecule has 3 nitrogen and oxygen atoms in total. The lowest BCUT2D eigenvalue weighted by molar-refractivity contribution is -0.135. The largest absolute Gasteiger partial charge is 0.332 e. The molecule has 13 heavy (non-hydrogen) atoms. The number of rotatable bonds is 1. The van der Waals surface area contributed by atoms with Gasteiger partial charge in [0.15, 0.2) is 5.78 Å². The smallest absolute Gasteiger partial charge is 0.220 e. The van der Waals surface area contributed by atoms with E-state index in [2.05, 4.69) is 13.8 Å². The van der Waals surface area contributed by atoms with Crippen LogP contribution in [0.2, 0.25) is 0 Å². The van der Waals surface area contributed by atoms with Crippen molar-refractivity contribution in [2.24, 2.45) is 5.41 Å². The van der Waals surface area contributed by atoms with Crippen LogP contribution in [0.1, 0.15) is 34.1 Å². The zero-order valence-electron chi connectivity index (χ0n) is 8.76. The monoisotopic (exact) mass is 183 g/mol. The Morgan fingerprint density at radius 3 is 2.15 bits per heavy atom. The predicted octanol–water partition coefficient (Wildman–Crippen LogP) is 1.22. The first-order valence-electron chi connectivity index (χ1n) is 4.61. The van der Waals surface area contributed by atoms with Crippen LogP contribution >= 0.6 is 0 Å². The lowest BCUT2D eigenvalue weighted by Crippen LogP contribution is -2.38. The topological polar surface area (TPSA) is 37.4 Å². The molecule has 3 heteroatoms. The third kappa shape index (κ3) is 2.08. The fraction of sp³-hybridized carbons (Fsp3) is 0.800. The number of hydrogen-bond donors (Lipinski definition) is 0. The Labute approximate surface area is 79.1 Å². The molecule has 1 aliphatic heterocycles. The van der Waals surface area contributed by atoms with Gasteiger partial charge in [0, 0.05) is 13.5 Å². The highest BCUT2D eigenvalue weighted by atomic mass is 16.2. The van der Waals surface area contributed by atoms with Gasteiger partial charge >= 0.3 is 0 Å². The van der Waals surface area contributed by atoms with E-state index in [-0.39, 0.29) is 23.1 Å². The van der Waals surface area contributed by atoms with Crippen molar-refractivity contribution in [3.05, 3.63) is 0 Å². The third-order valence-corrected chi connectivity index (χ3v) is 2.59. The molecule has 0 aliphatic carbocycles. The van der Waals surface area contributed by atoms with E-state index in [0.29, 0.717) is 6.54 Å². The summed E-state index contributed by atoms with van der Waals surface area (Å²) in [6, 6.07) is -0.188. The molecule has 0 aromatic carbocycles. The second kappa shape index (κ2) is 3.13. The van der Waals surface area contributed by atoms with Gasteiger partial charge in [-0.15, -0.1) is 0 Å². The maximum Gasteiger partial charge on any atom is 0.220 e. The van der Waals surface area contributed by atoms with Crippen molar-refractivity contribution in [3.63, 3.8) is 0 Å². The zero-order valence-corrected chi connectivity index (χ0v) is 8.76. The van der Waals surface area contributed by atoms with Crippen LogP contribution in [0.5, 0.6) is 0 Å². The van der Waals surface area contributed by atoms with Gasteiger partial charge in [0.25, 0.3) is 0 Å². The molecule has 1 saturated heterocycles. The normalized spacial score (nSPS) is 26.2. The van der Waals surface area contributed by atoms with Crippen molar-refractivity contribution in [1.82, 2.24) is 4.90 Å². The summed E-state index contributed by atoms with van der Waals surface area (Å²) >= 11 is 0. The molecule has 1 fully saturated rings. The lowest BCUT2D eigenvalue weighted by atomic mass is 9.90. The first kappa shape index (κ1) is 10.2. The Hall–Kier alpha value is -0.860. The molecule has 0 radical (unpaired) electrons. The maximum atomic E-state index is 11.3. The van der Waals surface area contributed by atoms with Gasteiger partial charge in [0.1, 0.15) is 0 Å². The van der Waals surface area contributed by atoms with Gasteiger partial charge in [0.05, 0.1) is 6.04 Å². The molecule has 1 heterocycles. The van der Waals surface area contributed by atoms with Gasteiger partial charge in [-0.1, -0.05) is 13.8 Å². The molecule has 0 saturated carbocycles. The number of ketones is 1. The molecule has 1 atom stereocenters. The Morgan fingerprint density at radius 1 is 1.31 bits per heavy atom. The molecule has 74 valence electrons. The SMILES string of the molecule is CC(=O)C1CC(C)(C)CN1C(C)=O. The molecule has 1 unspecified atom stereocenters. The van der Waals surface area contributed by atoms with Gasteiger partial charge in [-0.2, -0.15) is 0 Å². The van der Waals surface area contributed by atoms with Crippen LogP contribution in [0.4, 0.5) is 0 Å². The molecular formula is C10H17NO2. The Morgan fingerprint density at radius 2 is 1.85 bits per heavy atom. The van der Waals surface area contributed by atoms with Gasteiger partial charge < -0.3 is 4.90 Å². The number of nitrogens with zero attached hydrogens (tertiary/aromatic N) is 1. The summed E-state index contributed by atoms with van der Waals surface area (Å²) in [5.74, 6) is 0.103. The highest BCUT2D eigenvalue weighted by Gasteiger charge is 2.40. The number of amides is 1. The molecule has 1 aliphatic rings. The number of carbonyl (C=O) groups is 2. The van der Waals surface area contributed by atoms with Gasteiger partial charge in [0.2, 0.25) is 5.91 Å². The van der Waals surface area contributed by atoms with Crippen molar-refractivity contribution in [3.8, 4) is 0 Å². The third-order valence-electron chi connectivity index (χ3n) is 2.59. The first-order chi connectivity index (χ1) is 5.83. The van der Waals surface area contributed by atoms with E-state index in [1.165, 1.54) is 6.92 Å². The lowest BCUT2D eigenvalue weighted by Gasteiger charge is -2.21. The molecular weight excluding hydrogens is 166 g/mol. The summed E-state index contributed by atoms with van der Waals surface area (Å²) in [5.41, 5.74) is 0.0853. The van der Waals surface area contributed by atoms with Gasteiger partial charge in [-0.3, -0.25) is 9.59 Å². The average molecular weight is 183 g/mol. The minimum atomic E-state index is -0.188. The summed E-state index contributed by atoms with van der Waals surface area (Å²) in [7, 11) is 0. The minimum absolute atomic E-state index is 0.00535. The average Bonchev–Trinajstić information content (AvgIpc) is 2.26. The van der Waals surface area contributed by atoms with E-state index in [1.54, 1.807) is 11.8 Å². The summed E-state index contributed by atoms with van der Waals surface area (Å²) in [4.78, 5) is 24.2. The molecule has 1 rings (SSSR count). The van der Waals surface area contributed by atoms with Crippen molar-refractivity contribution in [1.29, 1.82) is 0 Å². The Bertz CT molecular complexity index is 221. The Kier molecular flexibility index (Phi) is 2.46. The van der Waals surface area contributed by atoms with Crippen molar-refractivity contribution in [2.75, 3.05) is 6.54 Å². The number of carbonyl (C=O) groups excluding carboxylic acids is 2. The number of hydrogen-bond acceptors (Lipinski definition) is 2. The molecule has 1 amide bonds. The Balaban J connectivity index is 2.83. The van der Waals surface area contributed by atoms with Crippen molar-refractivity contribution < 1.29 is 9.59 Å². The van der Waals surface area contributed by atoms with E-state index < -0.39 is 0 Å². The summed E-state index contributed by atoms with van der Waals surface area (Å²) in [5, 5.41) is 0. The first-order valence-corrected chi connectivity index (χ1v) is 4.61. The maximum absolute atomic E-state index is 11.3. The predicted molar refractivity (Wildman–Crippen MR) is 50.3 cm³/mol. The molecule has 0 aromatic heterocycles. The minimum Gasteiger partial charge on any atom is -0.332 e. The van der Waals surface area contributed by atoms with Crippen LogP contribution in [0, 0.1) is 5.41 Å². The summed E-state index contributed by atoms with van der Waals surface area (Å²) in [6.07, 6.45) is 0.794. The van der Waals surface area contributed by atoms with Crippen molar-refractivity contribution >= 4 is 11.7 Å². The van der Waals surface area contributed by atoms with Crippen LogP contribution < -0.4 is 0 Å². The standard InChI is InChI=1S/C10H17NO2/c1-7(12)9-5-10(3,4)6-11(9)8(2)13/h9H,5-6H2,1-4H3. The zero-order chi connectivity index (χ0) is 10.2. The fourth-order valence-corrected chi connectivity index (χ4v) is 1.96. The molecule has 0 N–H and O–H groups in total. The van der Waals surface area contributed by atoms with E-state index in [9.17, 15) is 9.59 Å². The molecule has 0 spiro atoms. The molecule has 0 bridgehead atoms. The van der Waals surface area contributed by atoms with Crippen LogP contribution in [-0.4, -0.2) is 29.2 Å². The second-order valence-corrected chi connectivity index (χ2v) is 4.64. The van der Waals surface area contributed by atoms with E-state index in [4.69, 9.17) is 0 Å². The fourth-order valence-electron chi connectivity index (χ4n) is 1.96. The van der Waals surface area contributed by atoms with E-state index >= 15 is 0 Å². The van der Waals surface area contributed by atoms with Crippen LogP contribution in [0.25, 0.3) is 0 Å². The van der Waals surface area contributed by atoms with Gasteiger partial charge in [-0.05, 0) is 18.8 Å². The highest BCUT2D eigenvalue weighted by Crippen LogP contribution is 2.34. The summed E-state index contributed by atoms with van der Waals surface area (Å²) < 4.78 is 0. The van der Waals surface area contributed by atoms with E-state index in [1.807, 2.05) is 0 Å².